The maximum absolute atomic E-state index is 13.2. The fourth-order valence-corrected chi connectivity index (χ4v) is 4.43. The third kappa shape index (κ3) is 4.19. The van der Waals surface area contributed by atoms with Gasteiger partial charge >= 0.3 is 6.18 Å². The van der Waals surface area contributed by atoms with Crippen LogP contribution in [0.3, 0.4) is 0 Å². The van der Waals surface area contributed by atoms with Crippen LogP contribution in [0.2, 0.25) is 10.0 Å². The van der Waals surface area contributed by atoms with Crippen LogP contribution >= 0.6 is 23.2 Å². The van der Waals surface area contributed by atoms with Crippen molar-refractivity contribution in [2.75, 3.05) is 26.3 Å². The Morgan fingerprint density at radius 3 is 2.56 bits per heavy atom. The van der Waals surface area contributed by atoms with E-state index in [1.807, 2.05) is 6.07 Å². The van der Waals surface area contributed by atoms with Crippen molar-refractivity contribution in [2.45, 2.75) is 19.5 Å². The van der Waals surface area contributed by atoms with Gasteiger partial charge in [-0.25, -0.2) is 4.98 Å². The zero-order valence-electron chi connectivity index (χ0n) is 17.6. The summed E-state index contributed by atoms with van der Waals surface area (Å²) in [6.07, 6.45) is -2.69. The van der Waals surface area contributed by atoms with Gasteiger partial charge in [-0.1, -0.05) is 29.8 Å². The van der Waals surface area contributed by atoms with Gasteiger partial charge in [0.1, 0.15) is 17.0 Å². The number of hydrogen-bond donors (Lipinski definition) is 0. The van der Waals surface area contributed by atoms with Gasteiger partial charge in [0, 0.05) is 43.8 Å². The summed E-state index contributed by atoms with van der Waals surface area (Å²) in [5, 5.41) is 1.40. The van der Waals surface area contributed by atoms with E-state index in [1.165, 1.54) is 6.20 Å². The van der Waals surface area contributed by atoms with Crippen molar-refractivity contribution in [3.8, 4) is 0 Å². The molecule has 10 heteroatoms. The molecule has 4 heterocycles. The van der Waals surface area contributed by atoms with Crippen LogP contribution in [0.1, 0.15) is 28.2 Å². The van der Waals surface area contributed by atoms with Crippen LogP contribution < -0.4 is 0 Å². The maximum Gasteiger partial charge on any atom is 0.433 e. The second kappa shape index (κ2) is 8.57. The number of aryl methyl sites for hydroxylation is 2. The van der Waals surface area contributed by atoms with E-state index in [9.17, 15) is 13.2 Å². The van der Waals surface area contributed by atoms with Crippen LogP contribution in [0.4, 0.5) is 13.2 Å². The second-order valence-electron chi connectivity index (χ2n) is 7.72. The number of halogens is 5. The van der Waals surface area contributed by atoms with Crippen molar-refractivity contribution in [3.63, 3.8) is 0 Å². The van der Waals surface area contributed by atoms with E-state index in [0.29, 0.717) is 70.7 Å². The molecule has 0 saturated carbocycles. The lowest BCUT2D eigenvalue weighted by Gasteiger charge is -2.30. The summed E-state index contributed by atoms with van der Waals surface area (Å²) >= 11 is 13.1. The molecule has 1 fully saturated rings. The predicted octanol–water partition coefficient (Wildman–Crippen LogP) is 5.50. The Hall–Kier alpha value is -2.29. The van der Waals surface area contributed by atoms with Crippen molar-refractivity contribution in [3.05, 3.63) is 63.2 Å². The maximum atomic E-state index is 13.2. The molecule has 5 nitrogen and oxygen atoms in total. The number of fused-ring (bicyclic) bond motifs is 1. The monoisotopic (exact) mass is 484 g/mol. The minimum atomic E-state index is -4.52. The van der Waals surface area contributed by atoms with Gasteiger partial charge < -0.3 is 14.2 Å². The molecule has 0 radical (unpaired) electrons. The molecule has 0 amide bonds. The molecule has 3 aromatic heterocycles. The van der Waals surface area contributed by atoms with Crippen LogP contribution in [0.25, 0.3) is 16.7 Å². The molecule has 1 saturated heterocycles. The predicted molar refractivity (Wildman–Crippen MR) is 119 cm³/mol. The Labute approximate surface area is 193 Å². The summed E-state index contributed by atoms with van der Waals surface area (Å²) in [5.41, 5.74) is 2.41. The first-order valence-corrected chi connectivity index (χ1v) is 10.7. The number of pyridine rings is 2. The number of hydrogen-bond acceptors (Lipinski definition) is 4. The van der Waals surface area contributed by atoms with E-state index in [1.54, 1.807) is 18.5 Å². The number of rotatable bonds is 4. The lowest BCUT2D eigenvalue weighted by molar-refractivity contribution is -0.141. The summed E-state index contributed by atoms with van der Waals surface area (Å²) in [6.45, 7) is 8.34. The first kappa shape index (κ1) is 22.9. The molecular formula is C22H21Cl2F3N4O. The number of nitrogens with zero attached hydrogens (tertiary/aromatic N) is 4. The van der Waals surface area contributed by atoms with Crippen molar-refractivity contribution in [1.82, 2.24) is 19.4 Å². The molecule has 32 heavy (non-hydrogen) atoms. The molecule has 0 unspecified atom stereocenters. The smallest absolute Gasteiger partial charge is 0.378 e. The van der Waals surface area contributed by atoms with Crippen molar-refractivity contribution in [1.29, 1.82) is 0 Å². The third-order valence-corrected chi connectivity index (χ3v) is 6.42. The van der Waals surface area contributed by atoms with Gasteiger partial charge in [-0.15, -0.1) is 0 Å². The van der Waals surface area contributed by atoms with Crippen LogP contribution in [-0.2, 0) is 24.4 Å². The Morgan fingerprint density at radius 1 is 1.22 bits per heavy atom. The van der Waals surface area contributed by atoms with E-state index in [2.05, 4.69) is 21.4 Å². The van der Waals surface area contributed by atoms with Gasteiger partial charge in [0.2, 0.25) is 0 Å². The zero-order valence-corrected chi connectivity index (χ0v) is 19.1. The lowest BCUT2D eigenvalue weighted by Crippen LogP contribution is -2.35. The third-order valence-electron chi connectivity index (χ3n) is 5.69. The van der Waals surface area contributed by atoms with Crippen LogP contribution in [0, 0.1) is 6.92 Å². The standard InChI is InChI=1S/C22H21Cl2F3N4O/c1-12-8-18(22(25,26)27)29-21-15(12)9-14(30(21)3)10-16-17(23)11-28-20(19(16)24)13(2)31-4-6-32-7-5-31/h8-9,11H,2,4-7,10H2,1,3H3. The highest BCUT2D eigenvalue weighted by molar-refractivity contribution is 6.36. The highest BCUT2D eigenvalue weighted by atomic mass is 35.5. The number of ether oxygens (including phenoxy) is 1. The highest BCUT2D eigenvalue weighted by Gasteiger charge is 2.33. The van der Waals surface area contributed by atoms with Crippen LogP contribution in [-0.4, -0.2) is 45.7 Å². The van der Waals surface area contributed by atoms with E-state index < -0.39 is 11.9 Å². The van der Waals surface area contributed by atoms with Gasteiger partial charge in [-0.05, 0) is 30.2 Å². The molecule has 0 atom stereocenters. The van der Waals surface area contributed by atoms with Gasteiger partial charge in [0.15, 0.2) is 0 Å². The summed E-state index contributed by atoms with van der Waals surface area (Å²) in [7, 11) is 1.68. The molecule has 0 aromatic carbocycles. The minimum absolute atomic E-state index is 0.256. The molecule has 170 valence electrons. The fourth-order valence-electron chi connectivity index (χ4n) is 3.85. The van der Waals surface area contributed by atoms with Gasteiger partial charge in [-0.2, -0.15) is 13.2 Å². The summed E-state index contributed by atoms with van der Waals surface area (Å²) in [6, 6.07) is 2.88. The van der Waals surface area contributed by atoms with E-state index in [4.69, 9.17) is 27.9 Å². The van der Waals surface area contributed by atoms with Crippen molar-refractivity contribution >= 4 is 39.9 Å². The normalized spacial score (nSPS) is 14.9. The first-order valence-electron chi connectivity index (χ1n) is 9.96. The molecule has 0 aliphatic carbocycles. The van der Waals surface area contributed by atoms with Gasteiger partial charge in [0.25, 0.3) is 0 Å². The van der Waals surface area contributed by atoms with E-state index in [-0.39, 0.29) is 5.65 Å². The van der Waals surface area contributed by atoms with Crippen LogP contribution in [0.5, 0.6) is 0 Å². The Bertz CT molecular complexity index is 1200. The lowest BCUT2D eigenvalue weighted by atomic mass is 10.1. The summed E-state index contributed by atoms with van der Waals surface area (Å²) in [4.78, 5) is 10.3. The number of alkyl halides is 3. The summed E-state index contributed by atoms with van der Waals surface area (Å²) < 4.78 is 46.7. The zero-order chi connectivity index (χ0) is 23.2. The fraction of sp³-hybridized carbons (Fsp3) is 0.364. The molecule has 3 aromatic rings. The average Bonchev–Trinajstić information content (AvgIpc) is 3.07. The molecule has 0 bridgehead atoms. The van der Waals surface area contributed by atoms with Gasteiger partial charge in [-0.3, -0.25) is 4.98 Å². The Morgan fingerprint density at radius 2 is 1.91 bits per heavy atom. The quantitative estimate of drug-likeness (QED) is 0.490. The first-order chi connectivity index (χ1) is 15.1. The Kier molecular flexibility index (Phi) is 6.13. The van der Waals surface area contributed by atoms with Crippen molar-refractivity contribution < 1.29 is 17.9 Å². The molecule has 1 aliphatic heterocycles. The minimum Gasteiger partial charge on any atom is -0.378 e. The summed E-state index contributed by atoms with van der Waals surface area (Å²) in [5.74, 6) is 0. The molecule has 4 rings (SSSR count). The van der Waals surface area contributed by atoms with Crippen LogP contribution in [0.15, 0.2) is 24.9 Å². The second-order valence-corrected chi connectivity index (χ2v) is 8.51. The van der Waals surface area contributed by atoms with Crippen molar-refractivity contribution in [2.24, 2.45) is 7.05 Å². The molecule has 1 aliphatic rings. The molecule has 0 N–H and O–H groups in total. The molecular weight excluding hydrogens is 464 g/mol. The highest BCUT2D eigenvalue weighted by Crippen LogP contribution is 2.35. The number of morpholine rings is 1. The van der Waals surface area contributed by atoms with E-state index in [0.717, 1.165) is 11.8 Å². The molecule has 0 spiro atoms. The topological polar surface area (TPSA) is 43.2 Å². The van der Waals surface area contributed by atoms with Gasteiger partial charge in [0.05, 0.1) is 29.0 Å². The van der Waals surface area contributed by atoms with E-state index >= 15 is 0 Å². The average molecular weight is 485 g/mol. The Balaban J connectivity index is 1.73. The SMILES string of the molecule is C=C(c1ncc(Cl)c(Cc2cc3c(C)cc(C(F)(F)F)nc3n2C)c1Cl)N1CCOCC1. The largest absolute Gasteiger partial charge is 0.433 e. The number of aromatic nitrogens is 3.